The minimum absolute atomic E-state index is 0.0673. The second-order valence-corrected chi connectivity index (χ2v) is 6.54. The van der Waals surface area contributed by atoms with Crippen molar-refractivity contribution in [2.45, 2.75) is 10.6 Å². The molecule has 21 heavy (non-hydrogen) atoms. The van der Waals surface area contributed by atoms with Gasteiger partial charge in [0.15, 0.2) is 0 Å². The molecule has 2 N–H and O–H groups in total. The van der Waals surface area contributed by atoms with Crippen LogP contribution in [0.3, 0.4) is 0 Å². The second-order valence-electron chi connectivity index (χ2n) is 4.20. The topological polar surface area (TPSA) is 86.2 Å². The summed E-state index contributed by atoms with van der Waals surface area (Å²) in [6.07, 6.45) is 0. The lowest BCUT2D eigenvalue weighted by molar-refractivity contribution is -0.385. The Morgan fingerprint density at radius 2 is 2.00 bits per heavy atom. The zero-order chi connectivity index (χ0) is 15.6. The van der Waals surface area contributed by atoms with Crippen molar-refractivity contribution in [3.63, 3.8) is 0 Å². The highest BCUT2D eigenvalue weighted by Crippen LogP contribution is 2.27. The number of halogens is 2. The summed E-state index contributed by atoms with van der Waals surface area (Å²) in [4.78, 5) is 10.6. The third-order valence-corrected chi connectivity index (χ3v) is 4.66. The van der Waals surface area contributed by atoms with Crippen molar-refractivity contribution in [3.05, 3.63) is 62.4 Å². The number of hydrogen-bond acceptors (Lipinski definition) is 4. The van der Waals surface area contributed by atoms with E-state index in [4.69, 9.17) is 5.73 Å². The molecule has 0 aliphatic heterocycles. The molecule has 0 aliphatic carbocycles. The van der Waals surface area contributed by atoms with Gasteiger partial charge in [-0.05, 0) is 30.3 Å². The number of nitrogen functional groups attached to an aromatic ring is 1. The van der Waals surface area contributed by atoms with Gasteiger partial charge in [-0.2, -0.15) is 0 Å². The average Bonchev–Trinajstić information content (AvgIpc) is 2.41. The van der Waals surface area contributed by atoms with Crippen LogP contribution in [0.5, 0.6) is 0 Å². The van der Waals surface area contributed by atoms with Gasteiger partial charge in [0, 0.05) is 21.8 Å². The molecule has 0 aromatic heterocycles. The number of anilines is 1. The van der Waals surface area contributed by atoms with Crippen LogP contribution in [-0.2, 0) is 16.6 Å². The molecule has 0 heterocycles. The van der Waals surface area contributed by atoms with Crippen LogP contribution in [-0.4, -0.2) is 9.13 Å². The summed E-state index contributed by atoms with van der Waals surface area (Å²) in [5, 5.41) is 10.9. The van der Waals surface area contributed by atoms with Crippen LogP contribution in [0.25, 0.3) is 0 Å². The van der Waals surface area contributed by atoms with E-state index in [9.17, 15) is 18.7 Å². The fourth-order valence-corrected chi connectivity index (χ4v) is 3.54. The van der Waals surface area contributed by atoms with Crippen LogP contribution in [0.15, 0.2) is 45.8 Å². The molecular weight excluding hydrogens is 363 g/mol. The van der Waals surface area contributed by atoms with E-state index in [0.717, 1.165) is 18.2 Å². The number of nitro benzene ring substituents is 1. The number of nitrogens with two attached hydrogens (primary N) is 1. The van der Waals surface area contributed by atoms with Crippen molar-refractivity contribution in [1.29, 1.82) is 0 Å². The smallest absolute Gasteiger partial charge is 0.273 e. The second kappa shape index (κ2) is 6.31. The molecule has 1 atom stereocenters. The Balaban J connectivity index is 2.38. The maximum atomic E-state index is 13.3. The highest BCUT2D eigenvalue weighted by Gasteiger charge is 2.18. The highest BCUT2D eigenvalue weighted by molar-refractivity contribution is 9.10. The fourth-order valence-electron chi connectivity index (χ4n) is 1.77. The molecule has 2 aromatic carbocycles. The molecule has 0 bridgehead atoms. The van der Waals surface area contributed by atoms with Gasteiger partial charge < -0.3 is 5.73 Å². The minimum Gasteiger partial charge on any atom is -0.398 e. The van der Waals surface area contributed by atoms with Gasteiger partial charge in [-0.3, -0.25) is 14.3 Å². The van der Waals surface area contributed by atoms with Gasteiger partial charge >= 0.3 is 0 Å². The summed E-state index contributed by atoms with van der Waals surface area (Å²) in [6.45, 7) is 0. The van der Waals surface area contributed by atoms with Crippen molar-refractivity contribution in [2.24, 2.45) is 0 Å². The molecule has 0 aliphatic rings. The van der Waals surface area contributed by atoms with Gasteiger partial charge in [-0.15, -0.1) is 0 Å². The number of benzene rings is 2. The van der Waals surface area contributed by atoms with Crippen molar-refractivity contribution in [3.8, 4) is 0 Å². The summed E-state index contributed by atoms with van der Waals surface area (Å²) in [5.41, 5.74) is 5.87. The van der Waals surface area contributed by atoms with Gasteiger partial charge in [0.1, 0.15) is 5.82 Å². The summed E-state index contributed by atoms with van der Waals surface area (Å²) in [6, 6.07) is 7.93. The number of nitrogens with zero attached hydrogens (tertiary/aromatic N) is 1. The van der Waals surface area contributed by atoms with Gasteiger partial charge in [-0.25, -0.2) is 4.39 Å². The van der Waals surface area contributed by atoms with Crippen LogP contribution in [0.1, 0.15) is 5.56 Å². The standard InChI is InChI=1S/C13H10BrFN2O3S/c14-9-1-3-11(16)13(6-9)21(20)7-8-5-10(15)2-4-12(8)17(18)19/h1-6H,7,16H2. The normalized spacial score (nSPS) is 12.1. The third-order valence-electron chi connectivity index (χ3n) is 2.75. The average molecular weight is 373 g/mol. The lowest BCUT2D eigenvalue weighted by atomic mass is 10.2. The van der Waals surface area contributed by atoms with E-state index < -0.39 is 21.5 Å². The quantitative estimate of drug-likeness (QED) is 0.506. The first-order valence-electron chi connectivity index (χ1n) is 5.74. The zero-order valence-electron chi connectivity index (χ0n) is 10.6. The van der Waals surface area contributed by atoms with E-state index in [1.165, 1.54) is 0 Å². The van der Waals surface area contributed by atoms with E-state index in [-0.39, 0.29) is 17.0 Å². The van der Waals surface area contributed by atoms with Crippen molar-refractivity contribution in [2.75, 3.05) is 5.73 Å². The Kier molecular flexibility index (Phi) is 4.69. The van der Waals surface area contributed by atoms with Crippen LogP contribution < -0.4 is 5.73 Å². The molecular formula is C13H10BrFN2O3S. The molecule has 1 unspecified atom stereocenters. The molecule has 0 spiro atoms. The number of nitro groups is 1. The van der Waals surface area contributed by atoms with Gasteiger partial charge in [0.25, 0.3) is 5.69 Å². The number of hydrogen-bond donors (Lipinski definition) is 1. The van der Waals surface area contributed by atoms with E-state index in [2.05, 4.69) is 15.9 Å². The third kappa shape index (κ3) is 3.64. The van der Waals surface area contributed by atoms with Gasteiger partial charge in [0.2, 0.25) is 0 Å². The molecule has 0 amide bonds. The largest absolute Gasteiger partial charge is 0.398 e. The van der Waals surface area contributed by atoms with E-state index in [1.807, 2.05) is 0 Å². The Hall–Kier alpha value is -1.80. The monoisotopic (exact) mass is 372 g/mol. The molecule has 8 heteroatoms. The molecule has 0 saturated heterocycles. The predicted octanol–water partition coefficient (Wildman–Crippen LogP) is 3.39. The van der Waals surface area contributed by atoms with Crippen LogP contribution >= 0.6 is 15.9 Å². The Labute approximate surface area is 130 Å². The summed E-state index contributed by atoms with van der Waals surface area (Å²) in [5.74, 6) is -0.802. The molecule has 0 saturated carbocycles. The number of rotatable bonds is 4. The highest BCUT2D eigenvalue weighted by atomic mass is 79.9. The molecule has 0 fully saturated rings. The van der Waals surface area contributed by atoms with E-state index >= 15 is 0 Å². The van der Waals surface area contributed by atoms with Crippen LogP contribution in [0.2, 0.25) is 0 Å². The maximum absolute atomic E-state index is 13.3. The van der Waals surface area contributed by atoms with Crippen LogP contribution in [0, 0.1) is 15.9 Å². The van der Waals surface area contributed by atoms with Gasteiger partial charge in [0.05, 0.1) is 26.4 Å². The van der Waals surface area contributed by atoms with Crippen molar-refractivity contribution >= 4 is 38.1 Å². The molecule has 2 aromatic rings. The SMILES string of the molecule is Nc1ccc(Br)cc1S(=O)Cc1cc(F)ccc1[N+](=O)[O-]. The summed E-state index contributed by atoms with van der Waals surface area (Å²) < 4.78 is 26.3. The summed E-state index contributed by atoms with van der Waals surface area (Å²) in [7, 11) is -1.62. The van der Waals surface area contributed by atoms with Crippen molar-refractivity contribution < 1.29 is 13.5 Å². The minimum atomic E-state index is -1.62. The lowest BCUT2D eigenvalue weighted by Crippen LogP contribution is -2.04. The van der Waals surface area contributed by atoms with Crippen LogP contribution in [0.4, 0.5) is 15.8 Å². The summed E-state index contributed by atoms with van der Waals surface area (Å²) >= 11 is 3.24. The Morgan fingerprint density at radius 3 is 2.67 bits per heavy atom. The Morgan fingerprint density at radius 1 is 1.29 bits per heavy atom. The maximum Gasteiger partial charge on any atom is 0.273 e. The molecule has 5 nitrogen and oxygen atoms in total. The zero-order valence-corrected chi connectivity index (χ0v) is 13.0. The fraction of sp³-hybridized carbons (Fsp3) is 0.0769. The van der Waals surface area contributed by atoms with Gasteiger partial charge in [-0.1, -0.05) is 15.9 Å². The van der Waals surface area contributed by atoms with Crippen molar-refractivity contribution in [1.82, 2.24) is 0 Å². The lowest BCUT2D eigenvalue weighted by Gasteiger charge is -2.07. The first-order valence-corrected chi connectivity index (χ1v) is 7.86. The molecule has 0 radical (unpaired) electrons. The van der Waals surface area contributed by atoms with E-state index in [1.54, 1.807) is 18.2 Å². The first-order chi connectivity index (χ1) is 9.88. The first kappa shape index (κ1) is 15.6. The molecule has 2 rings (SSSR count). The predicted molar refractivity (Wildman–Crippen MR) is 81.7 cm³/mol. The van der Waals surface area contributed by atoms with E-state index in [0.29, 0.717) is 15.1 Å². The molecule has 110 valence electrons. The Bertz CT molecular complexity index is 739.